The molecule has 1 aromatic heterocycles. The van der Waals surface area contributed by atoms with E-state index in [2.05, 4.69) is 0 Å². The Hall–Kier alpha value is -1.19. The maximum Gasteiger partial charge on any atom is 0.324 e. The summed E-state index contributed by atoms with van der Waals surface area (Å²) in [5.41, 5.74) is 4.49. The van der Waals surface area contributed by atoms with Crippen LogP contribution >= 0.6 is 11.3 Å². The fraction of sp³-hybridized carbons (Fsp3) is 0.200. The first kappa shape index (κ1) is 10.9. The lowest BCUT2D eigenvalue weighted by molar-refractivity contribution is -0.386. The van der Waals surface area contributed by atoms with Gasteiger partial charge in [-0.15, -0.1) is 11.3 Å². The van der Waals surface area contributed by atoms with E-state index in [9.17, 15) is 18.5 Å². The maximum absolute atomic E-state index is 10.8. The number of hydrogen-bond acceptors (Lipinski definition) is 6. The zero-order chi connectivity index (χ0) is 11.1. The highest BCUT2D eigenvalue weighted by molar-refractivity contribution is 7.86. The van der Waals surface area contributed by atoms with Gasteiger partial charge in [0.05, 0.1) is 4.92 Å². The number of hydrogen-bond donors (Lipinski definition) is 2. The molecule has 0 aliphatic carbocycles. The van der Waals surface area contributed by atoms with Crippen LogP contribution in [0.15, 0.2) is 4.90 Å². The first-order valence-electron chi connectivity index (χ1n) is 3.26. The van der Waals surface area contributed by atoms with Crippen molar-refractivity contribution in [2.75, 3.05) is 5.73 Å². The van der Waals surface area contributed by atoms with Crippen molar-refractivity contribution in [1.29, 1.82) is 0 Å². The van der Waals surface area contributed by atoms with E-state index in [1.807, 2.05) is 0 Å². The van der Waals surface area contributed by atoms with Crippen LogP contribution in [0, 0.1) is 17.0 Å². The number of nitrogens with zero attached hydrogens (tertiary/aromatic N) is 1. The Labute approximate surface area is 83.1 Å². The SMILES string of the molecule is Cc1sc(N)c([N+](=O)[O-])c1S(=O)(=O)O. The van der Waals surface area contributed by atoms with Gasteiger partial charge in [0.25, 0.3) is 0 Å². The Balaban J connectivity index is 3.65. The lowest BCUT2D eigenvalue weighted by atomic mass is 10.4. The van der Waals surface area contributed by atoms with Crippen LogP contribution in [-0.2, 0) is 10.1 Å². The normalized spacial score (nSPS) is 11.6. The van der Waals surface area contributed by atoms with Gasteiger partial charge in [-0.3, -0.25) is 14.7 Å². The molecule has 78 valence electrons. The van der Waals surface area contributed by atoms with Crippen molar-refractivity contribution in [2.45, 2.75) is 11.8 Å². The fourth-order valence-corrected chi connectivity index (χ4v) is 3.11. The molecule has 0 bridgehead atoms. The molecule has 1 rings (SSSR count). The summed E-state index contributed by atoms with van der Waals surface area (Å²) < 4.78 is 30.3. The van der Waals surface area contributed by atoms with Crippen molar-refractivity contribution < 1.29 is 17.9 Å². The number of nitrogen functional groups attached to an aromatic ring is 1. The molecule has 0 spiro atoms. The summed E-state index contributed by atoms with van der Waals surface area (Å²) >= 11 is 0.748. The van der Waals surface area contributed by atoms with E-state index in [1.165, 1.54) is 6.92 Å². The predicted molar refractivity (Wildman–Crippen MR) is 49.9 cm³/mol. The van der Waals surface area contributed by atoms with Crippen LogP contribution < -0.4 is 5.73 Å². The fourth-order valence-electron chi connectivity index (χ4n) is 1.01. The number of thiophene rings is 1. The highest BCUT2D eigenvalue weighted by atomic mass is 32.2. The number of nitrogens with two attached hydrogens (primary N) is 1. The zero-order valence-electron chi connectivity index (χ0n) is 6.92. The van der Waals surface area contributed by atoms with Gasteiger partial charge in [0.15, 0.2) is 9.90 Å². The Kier molecular flexibility index (Phi) is 2.48. The molecule has 14 heavy (non-hydrogen) atoms. The topological polar surface area (TPSA) is 124 Å². The van der Waals surface area contributed by atoms with Crippen LogP contribution in [0.1, 0.15) is 4.88 Å². The Morgan fingerprint density at radius 1 is 1.57 bits per heavy atom. The van der Waals surface area contributed by atoms with Crippen molar-refractivity contribution in [3.63, 3.8) is 0 Å². The van der Waals surface area contributed by atoms with E-state index < -0.39 is 25.6 Å². The predicted octanol–water partition coefficient (Wildman–Crippen LogP) is 0.794. The molecule has 0 aliphatic rings. The Morgan fingerprint density at radius 3 is 2.36 bits per heavy atom. The quantitative estimate of drug-likeness (QED) is 0.446. The lowest BCUT2D eigenvalue weighted by Gasteiger charge is -1.94. The van der Waals surface area contributed by atoms with Gasteiger partial charge in [0.2, 0.25) is 0 Å². The largest absolute Gasteiger partial charge is 0.385 e. The van der Waals surface area contributed by atoms with Gasteiger partial charge in [0.1, 0.15) is 0 Å². The van der Waals surface area contributed by atoms with Crippen LogP contribution in [0.25, 0.3) is 0 Å². The van der Waals surface area contributed by atoms with E-state index >= 15 is 0 Å². The van der Waals surface area contributed by atoms with Crippen molar-refractivity contribution >= 4 is 32.1 Å². The van der Waals surface area contributed by atoms with Gasteiger partial charge in [-0.05, 0) is 6.92 Å². The summed E-state index contributed by atoms with van der Waals surface area (Å²) in [6.07, 6.45) is 0. The molecule has 0 unspecified atom stereocenters. The average molecular weight is 238 g/mol. The molecule has 0 radical (unpaired) electrons. The van der Waals surface area contributed by atoms with Crippen molar-refractivity contribution in [1.82, 2.24) is 0 Å². The second-order valence-corrected chi connectivity index (χ2v) is 5.05. The van der Waals surface area contributed by atoms with Gasteiger partial charge in [0, 0.05) is 4.88 Å². The van der Waals surface area contributed by atoms with Crippen LogP contribution in [0.2, 0.25) is 0 Å². The van der Waals surface area contributed by atoms with E-state index in [1.54, 1.807) is 0 Å². The number of rotatable bonds is 2. The monoisotopic (exact) mass is 238 g/mol. The van der Waals surface area contributed by atoms with E-state index in [-0.39, 0.29) is 9.88 Å². The number of anilines is 1. The number of nitro groups is 1. The van der Waals surface area contributed by atoms with Crippen LogP contribution in [0.5, 0.6) is 0 Å². The van der Waals surface area contributed by atoms with E-state index in [0.717, 1.165) is 11.3 Å². The van der Waals surface area contributed by atoms with Gasteiger partial charge < -0.3 is 5.73 Å². The molecule has 1 aromatic rings. The molecule has 0 atom stereocenters. The molecule has 0 aromatic carbocycles. The third-order valence-corrected chi connectivity index (χ3v) is 3.54. The molecule has 0 fully saturated rings. The average Bonchev–Trinajstić information content (AvgIpc) is 2.23. The van der Waals surface area contributed by atoms with E-state index in [0.29, 0.717) is 0 Å². The standard InChI is InChI=1S/C5H6N2O5S2/c1-2-4(14(10,11)12)3(7(8)9)5(6)13-2/h6H2,1H3,(H,10,11,12). The summed E-state index contributed by atoms with van der Waals surface area (Å²) in [4.78, 5) is 8.91. The number of aryl methyl sites for hydroxylation is 1. The smallest absolute Gasteiger partial charge is 0.324 e. The molecule has 3 N–H and O–H groups in total. The maximum atomic E-state index is 10.8. The molecule has 9 heteroatoms. The third kappa shape index (κ3) is 1.69. The van der Waals surface area contributed by atoms with Crippen molar-refractivity contribution in [3.05, 3.63) is 15.0 Å². The highest BCUT2D eigenvalue weighted by Crippen LogP contribution is 2.39. The van der Waals surface area contributed by atoms with Crippen LogP contribution in [-0.4, -0.2) is 17.9 Å². The minimum atomic E-state index is -4.60. The minimum Gasteiger partial charge on any atom is -0.385 e. The van der Waals surface area contributed by atoms with Gasteiger partial charge in [-0.1, -0.05) is 0 Å². The summed E-state index contributed by atoms with van der Waals surface area (Å²) in [7, 11) is -4.60. The van der Waals surface area contributed by atoms with Gasteiger partial charge in [-0.2, -0.15) is 8.42 Å². The Morgan fingerprint density at radius 2 is 2.07 bits per heavy atom. The molecule has 7 nitrogen and oxygen atoms in total. The van der Waals surface area contributed by atoms with Gasteiger partial charge in [-0.25, -0.2) is 0 Å². The Bertz CT molecular complexity index is 488. The van der Waals surface area contributed by atoms with Crippen molar-refractivity contribution in [3.8, 4) is 0 Å². The molecular weight excluding hydrogens is 232 g/mol. The first-order valence-corrected chi connectivity index (χ1v) is 5.51. The molecular formula is C5H6N2O5S2. The summed E-state index contributed by atoms with van der Waals surface area (Å²) in [5, 5.41) is 10.2. The minimum absolute atomic E-state index is 0.0942. The lowest BCUT2D eigenvalue weighted by Crippen LogP contribution is -2.03. The van der Waals surface area contributed by atoms with E-state index in [4.69, 9.17) is 10.3 Å². The molecule has 1 heterocycles. The zero-order valence-corrected chi connectivity index (χ0v) is 8.55. The molecule has 0 saturated heterocycles. The second-order valence-electron chi connectivity index (χ2n) is 2.43. The third-order valence-electron chi connectivity index (χ3n) is 1.47. The van der Waals surface area contributed by atoms with Crippen molar-refractivity contribution in [2.24, 2.45) is 0 Å². The first-order chi connectivity index (χ1) is 6.25. The molecule has 0 amide bonds. The van der Waals surface area contributed by atoms with Crippen LogP contribution in [0.4, 0.5) is 10.7 Å². The second kappa shape index (κ2) is 3.19. The van der Waals surface area contributed by atoms with Crippen LogP contribution in [0.3, 0.4) is 0 Å². The summed E-state index contributed by atoms with van der Waals surface area (Å²) in [5.74, 6) is 0. The van der Waals surface area contributed by atoms with Gasteiger partial charge >= 0.3 is 15.8 Å². The summed E-state index contributed by atoms with van der Waals surface area (Å²) in [6, 6.07) is 0. The summed E-state index contributed by atoms with van der Waals surface area (Å²) in [6.45, 7) is 1.33. The molecule has 0 saturated carbocycles. The molecule has 0 aliphatic heterocycles. The highest BCUT2D eigenvalue weighted by Gasteiger charge is 2.32.